The van der Waals surface area contributed by atoms with Crippen molar-refractivity contribution in [1.29, 1.82) is 0 Å². The molecule has 0 aliphatic rings. The molecule has 0 fully saturated rings. The number of carbonyl (C=O) groups excluding carboxylic acids is 1. The standard InChI is InChI=1S/C15H16N2O2/c1-3-17(13-7-5-4-6-8-13)15(18)12-9-10-14(19-2)16-11-12/h4-11H,3H2,1-2H3. The maximum Gasteiger partial charge on any atom is 0.259 e. The molecule has 1 heterocycles. The van der Waals surface area contributed by atoms with Gasteiger partial charge < -0.3 is 9.64 Å². The Balaban J connectivity index is 2.25. The number of rotatable bonds is 4. The van der Waals surface area contributed by atoms with Gasteiger partial charge in [0.1, 0.15) is 0 Å². The van der Waals surface area contributed by atoms with Crippen molar-refractivity contribution < 1.29 is 9.53 Å². The number of anilines is 1. The second-order valence-electron chi connectivity index (χ2n) is 3.97. The summed E-state index contributed by atoms with van der Waals surface area (Å²) in [5.41, 5.74) is 1.43. The summed E-state index contributed by atoms with van der Waals surface area (Å²) in [6, 6.07) is 13.0. The van der Waals surface area contributed by atoms with Crippen molar-refractivity contribution in [2.45, 2.75) is 6.92 Å². The Morgan fingerprint density at radius 3 is 2.47 bits per heavy atom. The molecular formula is C15H16N2O2. The number of nitrogens with zero attached hydrogens (tertiary/aromatic N) is 2. The van der Waals surface area contributed by atoms with E-state index in [4.69, 9.17) is 4.74 Å². The van der Waals surface area contributed by atoms with Crippen LogP contribution in [0.4, 0.5) is 5.69 Å². The topological polar surface area (TPSA) is 42.4 Å². The summed E-state index contributed by atoms with van der Waals surface area (Å²) in [5, 5.41) is 0. The molecule has 0 radical (unpaired) electrons. The molecule has 0 unspecified atom stereocenters. The number of ether oxygens (including phenoxy) is 1. The number of pyridine rings is 1. The predicted octanol–water partition coefficient (Wildman–Crippen LogP) is 2.76. The molecule has 0 saturated heterocycles. The number of methoxy groups -OCH3 is 1. The molecular weight excluding hydrogens is 240 g/mol. The van der Waals surface area contributed by atoms with Gasteiger partial charge in [-0.25, -0.2) is 4.98 Å². The highest BCUT2D eigenvalue weighted by Crippen LogP contribution is 2.17. The van der Waals surface area contributed by atoms with Gasteiger partial charge in [0.15, 0.2) is 0 Å². The Hall–Kier alpha value is -2.36. The molecule has 0 N–H and O–H groups in total. The zero-order chi connectivity index (χ0) is 13.7. The van der Waals surface area contributed by atoms with Gasteiger partial charge in [0.2, 0.25) is 5.88 Å². The molecule has 19 heavy (non-hydrogen) atoms. The van der Waals surface area contributed by atoms with Gasteiger partial charge in [0, 0.05) is 24.5 Å². The first-order valence-corrected chi connectivity index (χ1v) is 6.13. The molecule has 2 rings (SSSR count). The van der Waals surface area contributed by atoms with E-state index in [0.29, 0.717) is 18.0 Å². The molecule has 0 atom stereocenters. The van der Waals surface area contributed by atoms with E-state index in [1.807, 2.05) is 37.3 Å². The van der Waals surface area contributed by atoms with Crippen LogP contribution < -0.4 is 9.64 Å². The quantitative estimate of drug-likeness (QED) is 0.844. The zero-order valence-corrected chi connectivity index (χ0v) is 11.0. The van der Waals surface area contributed by atoms with Gasteiger partial charge in [-0.2, -0.15) is 0 Å². The zero-order valence-electron chi connectivity index (χ0n) is 11.0. The van der Waals surface area contributed by atoms with E-state index in [2.05, 4.69) is 4.98 Å². The minimum Gasteiger partial charge on any atom is -0.481 e. The predicted molar refractivity (Wildman–Crippen MR) is 74.6 cm³/mol. The molecule has 2 aromatic rings. The highest BCUT2D eigenvalue weighted by Gasteiger charge is 2.16. The largest absolute Gasteiger partial charge is 0.481 e. The monoisotopic (exact) mass is 256 g/mol. The smallest absolute Gasteiger partial charge is 0.259 e. The first-order chi connectivity index (χ1) is 9.26. The lowest BCUT2D eigenvalue weighted by Crippen LogP contribution is -2.30. The third kappa shape index (κ3) is 2.91. The molecule has 4 heteroatoms. The number of aromatic nitrogens is 1. The lowest BCUT2D eigenvalue weighted by Gasteiger charge is -2.20. The molecule has 0 aliphatic carbocycles. The van der Waals surface area contributed by atoms with Gasteiger partial charge in [0.05, 0.1) is 12.7 Å². The van der Waals surface area contributed by atoms with Crippen molar-refractivity contribution in [1.82, 2.24) is 4.98 Å². The van der Waals surface area contributed by atoms with Crippen molar-refractivity contribution >= 4 is 11.6 Å². The van der Waals surface area contributed by atoms with Gasteiger partial charge in [-0.05, 0) is 25.1 Å². The van der Waals surface area contributed by atoms with Crippen molar-refractivity contribution in [3.05, 3.63) is 54.2 Å². The van der Waals surface area contributed by atoms with Gasteiger partial charge in [-0.1, -0.05) is 18.2 Å². The van der Waals surface area contributed by atoms with Crippen LogP contribution in [0.15, 0.2) is 48.7 Å². The van der Waals surface area contributed by atoms with Crippen LogP contribution in [-0.4, -0.2) is 24.5 Å². The van der Waals surface area contributed by atoms with Crippen LogP contribution in [-0.2, 0) is 0 Å². The number of amides is 1. The fourth-order valence-corrected chi connectivity index (χ4v) is 1.83. The number of para-hydroxylation sites is 1. The summed E-state index contributed by atoms with van der Waals surface area (Å²) in [6.45, 7) is 2.55. The first-order valence-electron chi connectivity index (χ1n) is 6.13. The van der Waals surface area contributed by atoms with E-state index in [1.54, 1.807) is 24.1 Å². The second kappa shape index (κ2) is 6.00. The fourth-order valence-electron chi connectivity index (χ4n) is 1.83. The Labute approximate surface area is 112 Å². The van der Waals surface area contributed by atoms with E-state index in [1.165, 1.54) is 6.20 Å². The summed E-state index contributed by atoms with van der Waals surface area (Å²) in [5.74, 6) is 0.433. The molecule has 0 aliphatic heterocycles. The Kier molecular flexibility index (Phi) is 4.13. The first kappa shape index (κ1) is 13.1. The summed E-state index contributed by atoms with van der Waals surface area (Å²) in [7, 11) is 1.55. The van der Waals surface area contributed by atoms with Crippen molar-refractivity contribution in [2.24, 2.45) is 0 Å². The normalized spacial score (nSPS) is 10.0. The van der Waals surface area contributed by atoms with Crippen LogP contribution in [0, 0.1) is 0 Å². The SMILES string of the molecule is CCN(C(=O)c1ccc(OC)nc1)c1ccccc1. The van der Waals surface area contributed by atoms with E-state index < -0.39 is 0 Å². The van der Waals surface area contributed by atoms with Gasteiger partial charge in [-0.3, -0.25) is 4.79 Å². The van der Waals surface area contributed by atoms with Crippen molar-refractivity contribution in [3.63, 3.8) is 0 Å². The molecule has 0 saturated carbocycles. The average Bonchev–Trinajstić information content (AvgIpc) is 2.49. The van der Waals surface area contributed by atoms with E-state index in [-0.39, 0.29) is 5.91 Å². The number of carbonyl (C=O) groups is 1. The number of hydrogen-bond donors (Lipinski definition) is 0. The molecule has 1 aromatic carbocycles. The summed E-state index contributed by atoms with van der Waals surface area (Å²) in [6.07, 6.45) is 1.53. The maximum atomic E-state index is 12.4. The summed E-state index contributed by atoms with van der Waals surface area (Å²) < 4.78 is 4.98. The summed E-state index contributed by atoms with van der Waals surface area (Å²) >= 11 is 0. The third-order valence-electron chi connectivity index (χ3n) is 2.82. The van der Waals surface area contributed by atoms with Crippen LogP contribution in [0.2, 0.25) is 0 Å². The van der Waals surface area contributed by atoms with Gasteiger partial charge in [0.25, 0.3) is 5.91 Å². The van der Waals surface area contributed by atoms with Crippen LogP contribution in [0.25, 0.3) is 0 Å². The average molecular weight is 256 g/mol. The second-order valence-corrected chi connectivity index (χ2v) is 3.97. The van der Waals surface area contributed by atoms with Crippen molar-refractivity contribution in [3.8, 4) is 5.88 Å². The van der Waals surface area contributed by atoms with Gasteiger partial charge >= 0.3 is 0 Å². The molecule has 98 valence electrons. The lowest BCUT2D eigenvalue weighted by molar-refractivity contribution is 0.0988. The molecule has 1 amide bonds. The highest BCUT2D eigenvalue weighted by molar-refractivity contribution is 6.05. The maximum absolute atomic E-state index is 12.4. The highest BCUT2D eigenvalue weighted by atomic mass is 16.5. The molecule has 4 nitrogen and oxygen atoms in total. The fraction of sp³-hybridized carbons (Fsp3) is 0.200. The minimum atomic E-state index is -0.0659. The summed E-state index contributed by atoms with van der Waals surface area (Å²) in [4.78, 5) is 18.2. The molecule has 0 spiro atoms. The van der Waals surface area contributed by atoms with E-state index in [0.717, 1.165) is 5.69 Å². The number of hydrogen-bond acceptors (Lipinski definition) is 3. The van der Waals surface area contributed by atoms with Crippen LogP contribution in [0.1, 0.15) is 17.3 Å². The van der Waals surface area contributed by atoms with E-state index >= 15 is 0 Å². The van der Waals surface area contributed by atoms with E-state index in [9.17, 15) is 4.79 Å². The third-order valence-corrected chi connectivity index (χ3v) is 2.82. The number of benzene rings is 1. The Morgan fingerprint density at radius 1 is 1.21 bits per heavy atom. The van der Waals surface area contributed by atoms with Crippen molar-refractivity contribution in [2.75, 3.05) is 18.6 Å². The van der Waals surface area contributed by atoms with Crippen LogP contribution in [0.5, 0.6) is 5.88 Å². The molecule has 1 aromatic heterocycles. The Morgan fingerprint density at radius 2 is 1.95 bits per heavy atom. The van der Waals surface area contributed by atoms with Gasteiger partial charge in [-0.15, -0.1) is 0 Å². The molecule has 0 bridgehead atoms. The van der Waals surface area contributed by atoms with Crippen LogP contribution >= 0.6 is 0 Å². The Bertz CT molecular complexity index is 538. The van der Waals surface area contributed by atoms with Crippen LogP contribution in [0.3, 0.4) is 0 Å². The minimum absolute atomic E-state index is 0.0659. The lowest BCUT2D eigenvalue weighted by atomic mass is 10.2.